The zero-order valence-corrected chi connectivity index (χ0v) is 13.4. The Morgan fingerprint density at radius 1 is 1.33 bits per heavy atom. The predicted octanol–water partition coefficient (Wildman–Crippen LogP) is 5.55. The van der Waals surface area contributed by atoms with E-state index in [2.05, 4.69) is 28.9 Å². The fraction of sp³-hybridized carbons (Fsp3) is 0.286. The molecule has 1 atom stereocenters. The Kier molecular flexibility index (Phi) is 4.71. The van der Waals surface area contributed by atoms with E-state index in [0.29, 0.717) is 6.61 Å². The molecule has 0 spiro atoms. The van der Waals surface area contributed by atoms with Crippen molar-refractivity contribution in [3.63, 3.8) is 0 Å². The Morgan fingerprint density at radius 3 is 2.50 bits per heavy atom. The number of halogens is 2. The summed E-state index contributed by atoms with van der Waals surface area (Å²) in [6.45, 7) is 4.74. The summed E-state index contributed by atoms with van der Waals surface area (Å²) >= 11 is 11.8. The van der Waals surface area contributed by atoms with Crippen LogP contribution in [0, 0.1) is 6.92 Å². The molecule has 0 radical (unpaired) electrons. The minimum atomic E-state index is -0.117. The number of benzene rings is 1. The fourth-order valence-electron chi connectivity index (χ4n) is 1.73. The standard InChI is InChI=1S/C14H14BrClOS/c1-3-17-11-6-4-10(5-7-11)13(16)14-12(15)8-9(2)18-14/h4-8,13H,3H2,1-2H3. The summed E-state index contributed by atoms with van der Waals surface area (Å²) in [6, 6.07) is 10.1. The van der Waals surface area contributed by atoms with E-state index in [4.69, 9.17) is 16.3 Å². The van der Waals surface area contributed by atoms with Gasteiger partial charge < -0.3 is 4.74 Å². The predicted molar refractivity (Wildman–Crippen MR) is 82.1 cm³/mol. The van der Waals surface area contributed by atoms with Gasteiger partial charge in [0, 0.05) is 14.2 Å². The number of hydrogen-bond acceptors (Lipinski definition) is 2. The van der Waals surface area contributed by atoms with Crippen molar-refractivity contribution in [2.45, 2.75) is 19.2 Å². The maximum atomic E-state index is 6.52. The molecule has 0 aliphatic heterocycles. The molecule has 0 aliphatic rings. The first kappa shape index (κ1) is 13.9. The molecular formula is C14H14BrClOS. The van der Waals surface area contributed by atoms with Crippen molar-refractivity contribution in [2.75, 3.05) is 6.61 Å². The van der Waals surface area contributed by atoms with Crippen molar-refractivity contribution in [2.24, 2.45) is 0 Å². The van der Waals surface area contributed by atoms with E-state index in [1.807, 2.05) is 31.2 Å². The molecule has 0 saturated heterocycles. The molecule has 0 saturated carbocycles. The third kappa shape index (κ3) is 3.08. The van der Waals surface area contributed by atoms with Crippen molar-refractivity contribution in [3.8, 4) is 5.75 Å². The number of aryl methyl sites for hydroxylation is 1. The van der Waals surface area contributed by atoms with Gasteiger partial charge in [-0.3, -0.25) is 0 Å². The zero-order chi connectivity index (χ0) is 13.1. The molecule has 1 heterocycles. The molecular weight excluding hydrogens is 332 g/mol. The minimum absolute atomic E-state index is 0.117. The summed E-state index contributed by atoms with van der Waals surface area (Å²) in [5.41, 5.74) is 1.09. The lowest BCUT2D eigenvalue weighted by atomic mass is 10.1. The smallest absolute Gasteiger partial charge is 0.119 e. The SMILES string of the molecule is CCOc1ccc(C(Cl)c2sc(C)cc2Br)cc1. The van der Waals surface area contributed by atoms with E-state index in [1.54, 1.807) is 11.3 Å². The Bertz CT molecular complexity index is 521. The second kappa shape index (κ2) is 6.09. The highest BCUT2D eigenvalue weighted by Gasteiger charge is 2.16. The van der Waals surface area contributed by atoms with Crippen LogP contribution in [0.4, 0.5) is 0 Å². The van der Waals surface area contributed by atoms with E-state index >= 15 is 0 Å². The molecule has 2 rings (SSSR count). The molecule has 0 amide bonds. The van der Waals surface area contributed by atoms with Gasteiger partial charge in [-0.05, 0) is 53.5 Å². The highest BCUT2D eigenvalue weighted by atomic mass is 79.9. The molecule has 0 fully saturated rings. The van der Waals surface area contributed by atoms with Gasteiger partial charge in [0.2, 0.25) is 0 Å². The third-order valence-corrected chi connectivity index (χ3v) is 5.18. The van der Waals surface area contributed by atoms with Crippen molar-refractivity contribution < 1.29 is 4.74 Å². The Hall–Kier alpha value is -0.510. The van der Waals surface area contributed by atoms with Crippen molar-refractivity contribution in [1.82, 2.24) is 0 Å². The molecule has 4 heteroatoms. The van der Waals surface area contributed by atoms with Crippen LogP contribution in [-0.4, -0.2) is 6.61 Å². The lowest BCUT2D eigenvalue weighted by Crippen LogP contribution is -1.94. The van der Waals surface area contributed by atoms with E-state index in [1.165, 1.54) is 4.88 Å². The van der Waals surface area contributed by atoms with E-state index < -0.39 is 0 Å². The average Bonchev–Trinajstić information content (AvgIpc) is 2.69. The first-order valence-electron chi connectivity index (χ1n) is 5.74. The van der Waals surface area contributed by atoms with Gasteiger partial charge in [-0.15, -0.1) is 22.9 Å². The minimum Gasteiger partial charge on any atom is -0.494 e. The lowest BCUT2D eigenvalue weighted by molar-refractivity contribution is 0.340. The van der Waals surface area contributed by atoms with Crippen LogP contribution in [0.15, 0.2) is 34.8 Å². The second-order valence-corrected chi connectivity index (χ2v) is 6.51. The monoisotopic (exact) mass is 344 g/mol. The number of alkyl halides is 1. The molecule has 18 heavy (non-hydrogen) atoms. The largest absolute Gasteiger partial charge is 0.494 e. The third-order valence-electron chi connectivity index (χ3n) is 2.55. The van der Waals surface area contributed by atoms with Gasteiger partial charge >= 0.3 is 0 Å². The number of rotatable bonds is 4. The summed E-state index contributed by atoms with van der Waals surface area (Å²) in [5.74, 6) is 0.881. The van der Waals surface area contributed by atoms with Crippen LogP contribution in [0.1, 0.15) is 27.6 Å². The fourth-order valence-corrected chi connectivity index (χ4v) is 4.14. The second-order valence-electron chi connectivity index (χ2n) is 3.93. The van der Waals surface area contributed by atoms with Gasteiger partial charge in [-0.2, -0.15) is 0 Å². The molecule has 2 aromatic rings. The highest BCUT2D eigenvalue weighted by molar-refractivity contribution is 9.10. The van der Waals surface area contributed by atoms with Crippen LogP contribution in [-0.2, 0) is 0 Å². The summed E-state index contributed by atoms with van der Waals surface area (Å²) in [7, 11) is 0. The van der Waals surface area contributed by atoms with Gasteiger partial charge in [-0.25, -0.2) is 0 Å². The van der Waals surface area contributed by atoms with Crippen LogP contribution in [0.2, 0.25) is 0 Å². The van der Waals surface area contributed by atoms with Crippen LogP contribution >= 0.6 is 38.9 Å². The summed E-state index contributed by atoms with van der Waals surface area (Å²) < 4.78 is 6.51. The zero-order valence-electron chi connectivity index (χ0n) is 10.2. The average molecular weight is 346 g/mol. The topological polar surface area (TPSA) is 9.23 Å². The van der Waals surface area contributed by atoms with Crippen LogP contribution < -0.4 is 4.74 Å². The van der Waals surface area contributed by atoms with Crippen molar-refractivity contribution in [3.05, 3.63) is 50.1 Å². The lowest BCUT2D eigenvalue weighted by Gasteiger charge is -2.10. The molecule has 96 valence electrons. The van der Waals surface area contributed by atoms with Gasteiger partial charge in [0.05, 0.1) is 12.0 Å². The van der Waals surface area contributed by atoms with Crippen LogP contribution in [0.5, 0.6) is 5.75 Å². The highest BCUT2D eigenvalue weighted by Crippen LogP contribution is 2.39. The molecule has 0 aliphatic carbocycles. The van der Waals surface area contributed by atoms with Gasteiger partial charge in [0.15, 0.2) is 0 Å². The maximum absolute atomic E-state index is 6.52. The number of thiophene rings is 1. The van der Waals surface area contributed by atoms with Gasteiger partial charge in [-0.1, -0.05) is 12.1 Å². The van der Waals surface area contributed by atoms with Crippen LogP contribution in [0.3, 0.4) is 0 Å². The van der Waals surface area contributed by atoms with Crippen LogP contribution in [0.25, 0.3) is 0 Å². The molecule has 1 unspecified atom stereocenters. The number of hydrogen-bond donors (Lipinski definition) is 0. The maximum Gasteiger partial charge on any atom is 0.119 e. The molecule has 0 N–H and O–H groups in total. The normalized spacial score (nSPS) is 12.4. The first-order valence-corrected chi connectivity index (χ1v) is 7.79. The Labute approximate surface area is 125 Å². The van der Waals surface area contributed by atoms with Crippen molar-refractivity contribution in [1.29, 1.82) is 0 Å². The quantitative estimate of drug-likeness (QED) is 0.660. The number of ether oxygens (including phenoxy) is 1. The van der Waals surface area contributed by atoms with E-state index in [9.17, 15) is 0 Å². The molecule has 1 aromatic heterocycles. The summed E-state index contributed by atoms with van der Waals surface area (Å²) in [6.07, 6.45) is 0. The Morgan fingerprint density at radius 2 is 2.00 bits per heavy atom. The Balaban J connectivity index is 2.23. The summed E-state index contributed by atoms with van der Waals surface area (Å²) in [5, 5.41) is -0.117. The van der Waals surface area contributed by atoms with Gasteiger partial charge in [0.1, 0.15) is 5.75 Å². The molecule has 1 nitrogen and oxygen atoms in total. The molecule has 1 aromatic carbocycles. The van der Waals surface area contributed by atoms with Crippen molar-refractivity contribution >= 4 is 38.9 Å². The molecule has 0 bridgehead atoms. The van der Waals surface area contributed by atoms with Gasteiger partial charge in [0.25, 0.3) is 0 Å². The summed E-state index contributed by atoms with van der Waals surface area (Å²) in [4.78, 5) is 2.41. The van der Waals surface area contributed by atoms with E-state index in [0.717, 1.165) is 20.7 Å². The first-order chi connectivity index (χ1) is 8.61. The van der Waals surface area contributed by atoms with E-state index in [-0.39, 0.29) is 5.38 Å².